The maximum absolute atomic E-state index is 12.7. The summed E-state index contributed by atoms with van der Waals surface area (Å²) in [5.41, 5.74) is 5.63. The van der Waals surface area contributed by atoms with Crippen LogP contribution in [-0.4, -0.2) is 36.3 Å². The van der Waals surface area contributed by atoms with Crippen molar-refractivity contribution in [2.75, 3.05) is 19.7 Å². The van der Waals surface area contributed by atoms with Gasteiger partial charge in [0.2, 0.25) is 0 Å². The minimum absolute atomic E-state index is 0.0491. The second-order valence-corrected chi connectivity index (χ2v) is 8.55. The molecule has 1 N–H and O–H groups in total. The van der Waals surface area contributed by atoms with Gasteiger partial charge in [0.1, 0.15) is 12.4 Å². The Bertz CT molecular complexity index is 1020. The van der Waals surface area contributed by atoms with E-state index >= 15 is 0 Å². The Labute approximate surface area is 196 Å². The number of amides is 1. The second-order valence-electron chi connectivity index (χ2n) is 8.55. The van der Waals surface area contributed by atoms with Crippen molar-refractivity contribution < 1.29 is 27.5 Å². The van der Waals surface area contributed by atoms with E-state index < -0.39 is 11.7 Å². The van der Waals surface area contributed by atoms with Crippen LogP contribution in [0.5, 0.6) is 5.75 Å². The van der Waals surface area contributed by atoms with E-state index in [1.54, 1.807) is 0 Å². The monoisotopic (exact) mass is 475 g/mol. The molecule has 4 rings (SSSR count). The molecule has 34 heavy (non-hydrogen) atoms. The average Bonchev–Trinajstić information content (AvgIpc) is 2.83. The van der Waals surface area contributed by atoms with Gasteiger partial charge in [-0.3, -0.25) is 10.2 Å². The second kappa shape index (κ2) is 10.9. The summed E-state index contributed by atoms with van der Waals surface area (Å²) in [6.45, 7) is 1.78. The number of nitrogens with one attached hydrogen (secondary N) is 1. The number of alkyl halides is 3. The highest BCUT2D eigenvalue weighted by Crippen LogP contribution is 2.29. The first-order chi connectivity index (χ1) is 16.4. The lowest BCUT2D eigenvalue weighted by molar-refractivity contribution is -0.137. The zero-order chi connectivity index (χ0) is 24.0. The van der Waals surface area contributed by atoms with Gasteiger partial charge in [0, 0.05) is 18.7 Å². The van der Waals surface area contributed by atoms with Gasteiger partial charge in [-0.25, -0.2) is 5.01 Å². The molecule has 0 radical (unpaired) electrons. The van der Waals surface area contributed by atoms with Gasteiger partial charge >= 0.3 is 6.18 Å². The fourth-order valence-corrected chi connectivity index (χ4v) is 4.16. The maximum Gasteiger partial charge on any atom is 0.416 e. The average molecular weight is 476 g/mol. The quantitative estimate of drug-likeness (QED) is 0.581. The number of piperidine rings is 1. The minimum atomic E-state index is -4.36. The van der Waals surface area contributed by atoms with Crippen molar-refractivity contribution >= 4 is 11.6 Å². The highest BCUT2D eigenvalue weighted by Gasteiger charge is 2.30. The molecular formula is C25H28F3N3O3. The van der Waals surface area contributed by atoms with Crippen molar-refractivity contribution in [3.8, 4) is 5.75 Å². The van der Waals surface area contributed by atoms with Crippen LogP contribution in [0.25, 0.3) is 0 Å². The van der Waals surface area contributed by atoms with Crippen molar-refractivity contribution in [2.45, 2.75) is 51.3 Å². The SMILES string of the molecule is O=C(COc1ccc2c(c1)CCCC2=NOCc1ccc(C(F)(F)F)cc1)NN1CCCCC1. The summed E-state index contributed by atoms with van der Waals surface area (Å²) >= 11 is 0. The van der Waals surface area contributed by atoms with Crippen molar-refractivity contribution in [2.24, 2.45) is 5.16 Å². The standard InChI is InChI=1S/C25H28F3N3O3/c26-25(27,28)20-9-7-18(8-10-20)16-34-30-23-6-4-5-19-15-21(11-12-22(19)23)33-17-24(32)29-31-13-2-1-3-14-31/h7-12,15H,1-6,13-14,16-17H2,(H,29,32). The molecule has 0 spiro atoms. The zero-order valence-corrected chi connectivity index (χ0v) is 18.9. The number of hydrogen-bond donors (Lipinski definition) is 1. The first kappa shape index (κ1) is 24.1. The van der Waals surface area contributed by atoms with Gasteiger partial charge in [-0.1, -0.05) is 23.7 Å². The number of rotatable bonds is 7. The summed E-state index contributed by atoms with van der Waals surface area (Å²) in [6.07, 6.45) is 1.53. The third-order valence-electron chi connectivity index (χ3n) is 5.94. The highest BCUT2D eigenvalue weighted by molar-refractivity contribution is 6.02. The number of carbonyl (C=O) groups is 1. The van der Waals surface area contributed by atoms with E-state index in [0.29, 0.717) is 11.3 Å². The number of aryl methyl sites for hydroxylation is 1. The number of oxime groups is 1. The van der Waals surface area contributed by atoms with Crippen LogP contribution in [-0.2, 0) is 28.8 Å². The van der Waals surface area contributed by atoms with E-state index in [-0.39, 0.29) is 19.1 Å². The molecule has 1 amide bonds. The first-order valence-corrected chi connectivity index (χ1v) is 11.5. The Morgan fingerprint density at radius 1 is 1.00 bits per heavy atom. The Morgan fingerprint density at radius 2 is 1.76 bits per heavy atom. The van der Waals surface area contributed by atoms with Gasteiger partial charge in [0.15, 0.2) is 6.61 Å². The third-order valence-corrected chi connectivity index (χ3v) is 5.94. The van der Waals surface area contributed by atoms with Gasteiger partial charge in [-0.05, 0) is 73.6 Å². The number of benzene rings is 2. The molecule has 0 saturated carbocycles. The minimum Gasteiger partial charge on any atom is -0.484 e. The van der Waals surface area contributed by atoms with Gasteiger partial charge in [-0.15, -0.1) is 0 Å². The molecule has 0 atom stereocenters. The molecule has 1 heterocycles. The van der Waals surface area contributed by atoms with Gasteiger partial charge in [0.05, 0.1) is 11.3 Å². The Balaban J connectivity index is 1.31. The number of hydrogen-bond acceptors (Lipinski definition) is 5. The zero-order valence-electron chi connectivity index (χ0n) is 18.9. The normalized spacial score (nSPS) is 17.8. The van der Waals surface area contributed by atoms with Crippen LogP contribution in [0.4, 0.5) is 13.2 Å². The van der Waals surface area contributed by atoms with Crippen molar-refractivity contribution in [3.05, 3.63) is 64.7 Å². The smallest absolute Gasteiger partial charge is 0.416 e. The molecule has 182 valence electrons. The maximum atomic E-state index is 12.7. The fourth-order valence-electron chi connectivity index (χ4n) is 4.16. The van der Waals surface area contributed by atoms with Crippen LogP contribution >= 0.6 is 0 Å². The molecular weight excluding hydrogens is 447 g/mol. The largest absolute Gasteiger partial charge is 0.484 e. The molecule has 0 aromatic heterocycles. The Hall–Kier alpha value is -3.07. The van der Waals surface area contributed by atoms with E-state index in [1.807, 2.05) is 23.2 Å². The van der Waals surface area contributed by atoms with Gasteiger partial charge in [-0.2, -0.15) is 13.2 Å². The molecule has 0 bridgehead atoms. The highest BCUT2D eigenvalue weighted by atomic mass is 19.4. The third kappa shape index (κ3) is 6.50. The Morgan fingerprint density at radius 3 is 2.50 bits per heavy atom. The van der Waals surface area contributed by atoms with Crippen LogP contribution in [0, 0.1) is 0 Å². The molecule has 6 nitrogen and oxygen atoms in total. The number of carbonyl (C=O) groups excluding carboxylic acids is 1. The predicted molar refractivity (Wildman–Crippen MR) is 121 cm³/mol. The lowest BCUT2D eigenvalue weighted by Crippen LogP contribution is -2.46. The van der Waals surface area contributed by atoms with Crippen LogP contribution in [0.1, 0.15) is 54.4 Å². The van der Waals surface area contributed by atoms with E-state index in [1.165, 1.54) is 18.6 Å². The van der Waals surface area contributed by atoms with E-state index in [9.17, 15) is 18.0 Å². The summed E-state index contributed by atoms with van der Waals surface area (Å²) < 4.78 is 43.7. The lowest BCUT2D eigenvalue weighted by atomic mass is 9.90. The number of fused-ring (bicyclic) bond motifs is 1. The molecule has 2 aromatic carbocycles. The topological polar surface area (TPSA) is 63.2 Å². The number of ether oxygens (including phenoxy) is 1. The molecule has 9 heteroatoms. The van der Waals surface area contributed by atoms with Gasteiger partial charge < -0.3 is 9.57 Å². The summed E-state index contributed by atoms with van der Waals surface area (Å²) in [7, 11) is 0. The molecule has 0 unspecified atom stereocenters. The van der Waals surface area contributed by atoms with Crippen LogP contribution in [0.3, 0.4) is 0 Å². The number of hydrazine groups is 1. The fraction of sp³-hybridized carbons (Fsp3) is 0.440. The van der Waals surface area contributed by atoms with Crippen molar-refractivity contribution in [1.29, 1.82) is 0 Å². The molecule has 2 aromatic rings. The number of nitrogens with zero attached hydrogens (tertiary/aromatic N) is 2. The predicted octanol–water partition coefficient (Wildman–Crippen LogP) is 4.86. The summed E-state index contributed by atoms with van der Waals surface area (Å²) in [5, 5.41) is 6.18. The molecule has 1 saturated heterocycles. The molecule has 1 aliphatic heterocycles. The first-order valence-electron chi connectivity index (χ1n) is 11.5. The Kier molecular flexibility index (Phi) is 7.72. The lowest BCUT2D eigenvalue weighted by Gasteiger charge is -2.26. The number of halogens is 3. The van der Waals surface area contributed by atoms with Crippen LogP contribution in [0.15, 0.2) is 47.6 Å². The summed E-state index contributed by atoms with van der Waals surface area (Å²) in [5.74, 6) is 0.456. The van der Waals surface area contributed by atoms with Crippen molar-refractivity contribution in [1.82, 2.24) is 10.4 Å². The molecule has 2 aliphatic rings. The van der Waals surface area contributed by atoms with E-state index in [4.69, 9.17) is 9.57 Å². The van der Waals surface area contributed by atoms with Crippen molar-refractivity contribution in [3.63, 3.8) is 0 Å². The van der Waals surface area contributed by atoms with E-state index in [2.05, 4.69) is 10.6 Å². The summed E-state index contributed by atoms with van der Waals surface area (Å²) in [6, 6.07) is 10.5. The van der Waals surface area contributed by atoms with Gasteiger partial charge in [0.25, 0.3) is 5.91 Å². The summed E-state index contributed by atoms with van der Waals surface area (Å²) in [4.78, 5) is 17.6. The van der Waals surface area contributed by atoms with E-state index in [0.717, 1.165) is 74.2 Å². The van der Waals surface area contributed by atoms with Crippen LogP contribution in [0.2, 0.25) is 0 Å². The molecule has 1 aliphatic carbocycles. The molecule has 1 fully saturated rings. The van der Waals surface area contributed by atoms with Crippen LogP contribution < -0.4 is 10.2 Å².